The van der Waals surface area contributed by atoms with Crippen molar-refractivity contribution in [2.45, 2.75) is 45.1 Å². The van der Waals surface area contributed by atoms with E-state index in [-0.39, 0.29) is 18.5 Å². The van der Waals surface area contributed by atoms with Gasteiger partial charge < -0.3 is 14.8 Å². The first-order chi connectivity index (χ1) is 17.6. The molecule has 1 fully saturated rings. The number of aromatic nitrogens is 1. The molecule has 6 heteroatoms. The maximum atomic E-state index is 13.7. The fraction of sp³-hybridized carbons (Fsp3) is 0.367. The smallest absolute Gasteiger partial charge is 0.309 e. The summed E-state index contributed by atoms with van der Waals surface area (Å²) in [5.74, 6) is -0.246. The third-order valence-corrected chi connectivity index (χ3v) is 7.02. The van der Waals surface area contributed by atoms with Crippen LogP contribution >= 0.6 is 0 Å². The van der Waals surface area contributed by atoms with Gasteiger partial charge in [0.1, 0.15) is 12.4 Å². The van der Waals surface area contributed by atoms with Crippen LogP contribution in [-0.2, 0) is 25.7 Å². The SMILES string of the molecule is COCCC(CC1(C(=O)Nc2cc(-c3ccccc3)ccn2)CCCC1)C(=O)OCc1ccccc1. The van der Waals surface area contributed by atoms with Gasteiger partial charge in [-0.15, -0.1) is 0 Å². The van der Waals surface area contributed by atoms with Crippen LogP contribution in [0.4, 0.5) is 5.82 Å². The van der Waals surface area contributed by atoms with Gasteiger partial charge in [-0.25, -0.2) is 4.98 Å². The van der Waals surface area contributed by atoms with Gasteiger partial charge in [-0.1, -0.05) is 73.5 Å². The molecule has 1 N–H and O–H groups in total. The van der Waals surface area contributed by atoms with Gasteiger partial charge in [-0.3, -0.25) is 9.59 Å². The highest BCUT2D eigenvalue weighted by atomic mass is 16.5. The van der Waals surface area contributed by atoms with E-state index in [4.69, 9.17) is 9.47 Å². The number of carbonyl (C=O) groups is 2. The number of methoxy groups -OCH3 is 1. The van der Waals surface area contributed by atoms with Crippen molar-refractivity contribution in [1.82, 2.24) is 4.98 Å². The molecule has 1 aliphatic rings. The van der Waals surface area contributed by atoms with Crippen molar-refractivity contribution in [1.29, 1.82) is 0 Å². The lowest BCUT2D eigenvalue weighted by Crippen LogP contribution is -2.38. The second-order valence-electron chi connectivity index (χ2n) is 9.51. The first kappa shape index (κ1) is 25.6. The Kier molecular flexibility index (Phi) is 8.85. The Morgan fingerprint density at radius 2 is 1.67 bits per heavy atom. The maximum Gasteiger partial charge on any atom is 0.309 e. The van der Waals surface area contributed by atoms with E-state index in [0.29, 0.717) is 25.3 Å². The number of pyridine rings is 1. The van der Waals surface area contributed by atoms with Gasteiger partial charge in [-0.2, -0.15) is 0 Å². The quantitative estimate of drug-likeness (QED) is 0.335. The second kappa shape index (κ2) is 12.5. The molecule has 0 radical (unpaired) electrons. The Labute approximate surface area is 213 Å². The lowest BCUT2D eigenvalue weighted by Gasteiger charge is -2.31. The number of hydrogen-bond acceptors (Lipinski definition) is 5. The topological polar surface area (TPSA) is 77.5 Å². The third-order valence-electron chi connectivity index (χ3n) is 7.02. The molecule has 0 spiro atoms. The van der Waals surface area contributed by atoms with Gasteiger partial charge in [0.05, 0.1) is 11.3 Å². The fourth-order valence-electron chi connectivity index (χ4n) is 5.02. The summed E-state index contributed by atoms with van der Waals surface area (Å²) in [7, 11) is 1.62. The predicted octanol–water partition coefficient (Wildman–Crippen LogP) is 6.03. The molecule has 1 saturated carbocycles. The van der Waals surface area contributed by atoms with Crippen molar-refractivity contribution >= 4 is 17.7 Å². The number of benzene rings is 2. The van der Waals surface area contributed by atoms with E-state index in [1.807, 2.05) is 72.8 Å². The van der Waals surface area contributed by atoms with Crippen molar-refractivity contribution in [3.8, 4) is 11.1 Å². The van der Waals surface area contributed by atoms with Crippen molar-refractivity contribution < 1.29 is 19.1 Å². The zero-order valence-electron chi connectivity index (χ0n) is 20.8. The van der Waals surface area contributed by atoms with E-state index in [1.54, 1.807) is 13.3 Å². The molecule has 4 rings (SSSR count). The molecule has 1 aliphatic carbocycles. The lowest BCUT2D eigenvalue weighted by molar-refractivity contribution is -0.152. The average Bonchev–Trinajstić information content (AvgIpc) is 3.41. The highest BCUT2D eigenvalue weighted by Gasteiger charge is 2.44. The Morgan fingerprint density at radius 1 is 0.972 bits per heavy atom. The van der Waals surface area contributed by atoms with Gasteiger partial charge in [-0.05, 0) is 54.5 Å². The third kappa shape index (κ3) is 6.58. The summed E-state index contributed by atoms with van der Waals surface area (Å²) < 4.78 is 10.9. The first-order valence-electron chi connectivity index (χ1n) is 12.6. The highest BCUT2D eigenvalue weighted by Crippen LogP contribution is 2.45. The average molecular weight is 487 g/mol. The molecular formula is C30H34N2O4. The molecule has 6 nitrogen and oxygen atoms in total. The Bertz CT molecular complexity index is 1130. The Hall–Kier alpha value is -3.51. The zero-order chi connectivity index (χ0) is 25.2. The van der Waals surface area contributed by atoms with Gasteiger partial charge in [0.2, 0.25) is 5.91 Å². The van der Waals surface area contributed by atoms with Crippen LogP contribution in [0.3, 0.4) is 0 Å². The van der Waals surface area contributed by atoms with Crippen LogP contribution in [0.2, 0.25) is 0 Å². The molecule has 2 aromatic carbocycles. The van der Waals surface area contributed by atoms with Crippen LogP contribution in [-0.4, -0.2) is 30.6 Å². The number of nitrogens with zero attached hydrogens (tertiary/aromatic N) is 1. The normalized spacial score (nSPS) is 15.2. The minimum absolute atomic E-state index is 0.0732. The number of rotatable bonds is 11. The molecular weight excluding hydrogens is 452 g/mol. The molecule has 1 atom stereocenters. The molecule has 188 valence electrons. The number of amides is 1. The van der Waals surface area contributed by atoms with Crippen LogP contribution in [0, 0.1) is 11.3 Å². The molecule has 36 heavy (non-hydrogen) atoms. The first-order valence-corrected chi connectivity index (χ1v) is 12.6. The van der Waals surface area contributed by atoms with Gasteiger partial charge in [0, 0.05) is 19.9 Å². The highest BCUT2D eigenvalue weighted by molar-refractivity contribution is 5.95. The van der Waals surface area contributed by atoms with Crippen LogP contribution < -0.4 is 5.32 Å². The predicted molar refractivity (Wildman–Crippen MR) is 140 cm³/mol. The minimum atomic E-state index is -0.630. The fourth-order valence-corrected chi connectivity index (χ4v) is 5.02. The van der Waals surface area contributed by atoms with Crippen molar-refractivity contribution in [3.05, 3.63) is 84.6 Å². The molecule has 1 heterocycles. The molecule has 1 unspecified atom stereocenters. The van der Waals surface area contributed by atoms with E-state index in [2.05, 4.69) is 10.3 Å². The maximum absolute atomic E-state index is 13.7. The molecule has 1 aromatic heterocycles. The zero-order valence-corrected chi connectivity index (χ0v) is 20.8. The van der Waals surface area contributed by atoms with Crippen LogP contribution in [0.25, 0.3) is 11.1 Å². The number of hydrogen-bond donors (Lipinski definition) is 1. The summed E-state index contributed by atoms with van der Waals surface area (Å²) in [6, 6.07) is 23.5. The lowest BCUT2D eigenvalue weighted by atomic mass is 9.76. The Balaban J connectivity index is 1.47. The Morgan fingerprint density at radius 3 is 2.36 bits per heavy atom. The number of esters is 1. The number of nitrogens with one attached hydrogen (secondary N) is 1. The van der Waals surface area contributed by atoms with Gasteiger partial charge in [0.25, 0.3) is 0 Å². The van der Waals surface area contributed by atoms with Gasteiger partial charge >= 0.3 is 5.97 Å². The number of carbonyl (C=O) groups excluding carboxylic acids is 2. The van der Waals surface area contributed by atoms with E-state index in [9.17, 15) is 9.59 Å². The summed E-state index contributed by atoms with van der Waals surface area (Å²) in [5.41, 5.74) is 2.36. The molecule has 0 saturated heterocycles. The summed E-state index contributed by atoms with van der Waals surface area (Å²) in [4.78, 5) is 31.2. The molecule has 0 bridgehead atoms. The summed E-state index contributed by atoms with van der Waals surface area (Å²) in [6.07, 6.45) is 6.07. The van der Waals surface area contributed by atoms with E-state index in [1.165, 1.54) is 0 Å². The summed E-state index contributed by atoms with van der Waals surface area (Å²) in [6.45, 7) is 0.655. The van der Waals surface area contributed by atoms with Crippen molar-refractivity contribution in [3.63, 3.8) is 0 Å². The minimum Gasteiger partial charge on any atom is -0.461 e. The molecule has 0 aliphatic heterocycles. The van der Waals surface area contributed by atoms with Crippen molar-refractivity contribution in [2.24, 2.45) is 11.3 Å². The van der Waals surface area contributed by atoms with E-state index < -0.39 is 11.3 Å². The number of ether oxygens (including phenoxy) is 2. The monoisotopic (exact) mass is 486 g/mol. The number of anilines is 1. The van der Waals surface area contributed by atoms with Crippen LogP contribution in [0.15, 0.2) is 79.0 Å². The summed E-state index contributed by atoms with van der Waals surface area (Å²) in [5, 5.41) is 3.06. The molecule has 1 amide bonds. The van der Waals surface area contributed by atoms with E-state index in [0.717, 1.165) is 42.4 Å². The largest absolute Gasteiger partial charge is 0.461 e. The standard InChI is InChI=1S/C30H34N2O4/c1-35-19-15-26(28(33)36-22-23-10-4-2-5-11-23)21-30(16-8-9-17-30)29(34)32-27-20-25(14-18-31-27)24-12-6-3-7-13-24/h2-7,10-14,18,20,26H,8-9,15-17,19,21-22H2,1H3,(H,31,32,34). The molecule has 3 aromatic rings. The van der Waals surface area contributed by atoms with E-state index >= 15 is 0 Å². The van der Waals surface area contributed by atoms with Gasteiger partial charge in [0.15, 0.2) is 0 Å². The summed E-state index contributed by atoms with van der Waals surface area (Å²) >= 11 is 0. The van der Waals surface area contributed by atoms with Crippen LogP contribution in [0.5, 0.6) is 0 Å². The van der Waals surface area contributed by atoms with Crippen molar-refractivity contribution in [2.75, 3.05) is 19.0 Å². The second-order valence-corrected chi connectivity index (χ2v) is 9.51. The van der Waals surface area contributed by atoms with Crippen LogP contribution in [0.1, 0.15) is 44.1 Å².